The summed E-state index contributed by atoms with van der Waals surface area (Å²) >= 11 is 0. The van der Waals surface area contributed by atoms with Gasteiger partial charge in [-0.1, -0.05) is 30.3 Å². The van der Waals surface area contributed by atoms with Gasteiger partial charge in [0, 0.05) is 23.0 Å². The molecule has 0 N–H and O–H groups in total. The molecule has 3 rings (SSSR count). The summed E-state index contributed by atoms with van der Waals surface area (Å²) in [6.45, 7) is 0.354. The minimum Gasteiger partial charge on any atom is -0.473 e. The Morgan fingerprint density at radius 2 is 1.69 bits per heavy atom. The number of nitrogens with zero attached hydrogens (tertiary/aromatic N) is 1. The van der Waals surface area contributed by atoms with Crippen molar-refractivity contribution in [1.29, 1.82) is 0 Å². The fraction of sp³-hybridized carbons (Fsp3) is 0.150. The van der Waals surface area contributed by atoms with Crippen molar-refractivity contribution < 1.29 is 23.8 Å². The van der Waals surface area contributed by atoms with Crippen molar-refractivity contribution in [2.24, 2.45) is 0 Å². The second-order valence-electron chi connectivity index (χ2n) is 5.52. The van der Waals surface area contributed by atoms with Gasteiger partial charge in [0.25, 0.3) is 0 Å². The molecular formula is C20H17NO5. The minimum absolute atomic E-state index is 0.248. The number of ether oxygens (including phenoxy) is 3. The largest absolute Gasteiger partial charge is 0.473 e. The van der Waals surface area contributed by atoms with E-state index in [4.69, 9.17) is 14.2 Å². The van der Waals surface area contributed by atoms with Crippen LogP contribution >= 0.6 is 0 Å². The van der Waals surface area contributed by atoms with Crippen LogP contribution in [0.2, 0.25) is 0 Å². The number of fused-ring (bicyclic) bond motifs is 1. The molecular weight excluding hydrogens is 334 g/mol. The van der Waals surface area contributed by atoms with Crippen LogP contribution in [-0.2, 0) is 16.1 Å². The third-order valence-corrected chi connectivity index (χ3v) is 3.87. The molecule has 0 aliphatic carbocycles. The minimum atomic E-state index is -0.555. The Morgan fingerprint density at radius 3 is 2.38 bits per heavy atom. The number of esters is 2. The van der Waals surface area contributed by atoms with Crippen molar-refractivity contribution in [2.75, 3.05) is 14.2 Å². The first-order valence-electron chi connectivity index (χ1n) is 7.89. The topological polar surface area (TPSA) is 74.7 Å². The molecule has 1 heterocycles. The molecule has 3 aromatic rings. The maximum atomic E-state index is 12.1. The molecule has 0 fully saturated rings. The van der Waals surface area contributed by atoms with E-state index in [9.17, 15) is 9.59 Å². The van der Waals surface area contributed by atoms with E-state index in [1.807, 2.05) is 30.3 Å². The first-order chi connectivity index (χ1) is 12.6. The highest BCUT2D eigenvalue weighted by Crippen LogP contribution is 2.25. The maximum Gasteiger partial charge on any atom is 0.338 e. The van der Waals surface area contributed by atoms with Crippen LogP contribution in [0.25, 0.3) is 10.8 Å². The Balaban J connectivity index is 1.99. The van der Waals surface area contributed by atoms with Crippen molar-refractivity contribution in [3.8, 4) is 5.88 Å². The van der Waals surface area contributed by atoms with E-state index in [1.54, 1.807) is 18.3 Å². The summed E-state index contributed by atoms with van der Waals surface area (Å²) in [5, 5.41) is 1.20. The predicted octanol–water partition coefficient (Wildman–Crippen LogP) is 3.39. The van der Waals surface area contributed by atoms with Crippen LogP contribution in [0.3, 0.4) is 0 Å². The highest BCUT2D eigenvalue weighted by Gasteiger charge is 2.17. The van der Waals surface area contributed by atoms with Gasteiger partial charge in [0.05, 0.1) is 25.3 Å². The van der Waals surface area contributed by atoms with Gasteiger partial charge in [-0.3, -0.25) is 0 Å². The molecule has 0 unspecified atom stereocenters. The van der Waals surface area contributed by atoms with E-state index >= 15 is 0 Å². The second kappa shape index (κ2) is 7.65. The fourth-order valence-electron chi connectivity index (χ4n) is 2.56. The van der Waals surface area contributed by atoms with Gasteiger partial charge in [0.15, 0.2) is 0 Å². The lowest BCUT2D eigenvalue weighted by molar-refractivity contribution is 0.0600. The third-order valence-electron chi connectivity index (χ3n) is 3.87. The molecule has 26 heavy (non-hydrogen) atoms. The zero-order valence-corrected chi connectivity index (χ0v) is 14.4. The van der Waals surface area contributed by atoms with Gasteiger partial charge in [-0.2, -0.15) is 0 Å². The monoisotopic (exact) mass is 351 g/mol. The first kappa shape index (κ1) is 17.4. The molecule has 0 saturated heterocycles. The van der Waals surface area contributed by atoms with Crippen molar-refractivity contribution in [3.63, 3.8) is 0 Å². The molecule has 132 valence electrons. The number of methoxy groups -OCH3 is 2. The van der Waals surface area contributed by atoms with E-state index in [1.165, 1.54) is 20.3 Å². The molecule has 6 heteroatoms. The molecule has 0 aliphatic rings. The smallest absolute Gasteiger partial charge is 0.338 e. The number of carbonyl (C=O) groups is 2. The van der Waals surface area contributed by atoms with Crippen molar-refractivity contribution in [2.45, 2.75) is 6.61 Å². The van der Waals surface area contributed by atoms with Gasteiger partial charge >= 0.3 is 11.9 Å². The number of hydrogen-bond donors (Lipinski definition) is 0. The van der Waals surface area contributed by atoms with Crippen LogP contribution in [0.1, 0.15) is 26.3 Å². The van der Waals surface area contributed by atoms with Gasteiger partial charge in [0.1, 0.15) is 6.61 Å². The summed E-state index contributed by atoms with van der Waals surface area (Å²) in [4.78, 5) is 28.2. The number of aromatic nitrogens is 1. The Labute approximate surface area is 150 Å². The lowest BCUT2D eigenvalue weighted by Gasteiger charge is -2.10. The summed E-state index contributed by atoms with van der Waals surface area (Å²) in [7, 11) is 2.57. The number of rotatable bonds is 5. The molecule has 1 aromatic heterocycles. The summed E-state index contributed by atoms with van der Waals surface area (Å²) in [6.07, 6.45) is 1.55. The quantitative estimate of drug-likeness (QED) is 0.656. The van der Waals surface area contributed by atoms with Gasteiger partial charge in [-0.15, -0.1) is 0 Å². The van der Waals surface area contributed by atoms with Crippen molar-refractivity contribution in [3.05, 3.63) is 71.4 Å². The summed E-state index contributed by atoms with van der Waals surface area (Å²) in [5.41, 5.74) is 1.50. The van der Waals surface area contributed by atoms with Gasteiger partial charge in [-0.25, -0.2) is 14.6 Å². The molecule has 0 amide bonds. The molecule has 0 spiro atoms. The Hall–Kier alpha value is -3.41. The van der Waals surface area contributed by atoms with Gasteiger partial charge < -0.3 is 14.2 Å². The van der Waals surface area contributed by atoms with E-state index in [2.05, 4.69) is 4.98 Å². The van der Waals surface area contributed by atoms with Gasteiger partial charge in [0.2, 0.25) is 5.88 Å². The number of pyridine rings is 1. The highest BCUT2D eigenvalue weighted by molar-refractivity contribution is 6.08. The Bertz CT molecular complexity index is 953. The van der Waals surface area contributed by atoms with E-state index in [0.29, 0.717) is 23.3 Å². The summed E-state index contributed by atoms with van der Waals surface area (Å²) < 4.78 is 15.3. The molecule has 0 saturated carbocycles. The second-order valence-corrected chi connectivity index (χ2v) is 5.52. The zero-order chi connectivity index (χ0) is 18.5. The van der Waals surface area contributed by atoms with Crippen LogP contribution in [0.4, 0.5) is 0 Å². The normalized spacial score (nSPS) is 10.4. The van der Waals surface area contributed by atoms with E-state index < -0.39 is 11.9 Å². The van der Waals surface area contributed by atoms with Crippen LogP contribution in [-0.4, -0.2) is 31.1 Å². The maximum absolute atomic E-state index is 12.1. The molecule has 6 nitrogen and oxygen atoms in total. The van der Waals surface area contributed by atoms with Crippen molar-refractivity contribution in [1.82, 2.24) is 4.98 Å². The summed E-state index contributed by atoms with van der Waals surface area (Å²) in [5.74, 6) is -0.722. The van der Waals surface area contributed by atoms with Crippen LogP contribution in [0.5, 0.6) is 5.88 Å². The molecule has 0 atom stereocenters. The number of hydrogen-bond acceptors (Lipinski definition) is 6. The van der Waals surface area contributed by atoms with E-state index in [-0.39, 0.29) is 11.1 Å². The lowest BCUT2D eigenvalue weighted by atomic mass is 10.0. The number of benzene rings is 2. The van der Waals surface area contributed by atoms with Crippen LogP contribution < -0.4 is 4.74 Å². The average molecular weight is 351 g/mol. The SMILES string of the molecule is COC(=O)c1cc(C(=O)OC)c2cc(OCc3ccccc3)ncc2c1. The standard InChI is InChI=1S/C20H17NO5/c1-24-19(22)14-8-15-11-21-18(26-12-13-6-4-3-5-7-13)10-16(15)17(9-14)20(23)25-2/h3-11H,12H2,1-2H3. The van der Waals surface area contributed by atoms with Crippen molar-refractivity contribution >= 4 is 22.7 Å². The Kier molecular flexibility index (Phi) is 5.12. The molecule has 0 aliphatic heterocycles. The van der Waals surface area contributed by atoms with E-state index in [0.717, 1.165) is 5.56 Å². The highest BCUT2D eigenvalue weighted by atomic mass is 16.5. The fourth-order valence-corrected chi connectivity index (χ4v) is 2.56. The Morgan fingerprint density at radius 1 is 0.962 bits per heavy atom. The predicted molar refractivity (Wildman–Crippen MR) is 95.2 cm³/mol. The number of carbonyl (C=O) groups excluding carboxylic acids is 2. The van der Waals surface area contributed by atoms with Crippen LogP contribution in [0, 0.1) is 0 Å². The zero-order valence-electron chi connectivity index (χ0n) is 14.4. The molecule has 2 aromatic carbocycles. The summed E-state index contributed by atoms with van der Waals surface area (Å²) in [6, 6.07) is 14.4. The molecule has 0 bridgehead atoms. The van der Waals surface area contributed by atoms with Crippen LogP contribution in [0.15, 0.2) is 54.7 Å². The average Bonchev–Trinajstić information content (AvgIpc) is 2.70. The first-order valence-corrected chi connectivity index (χ1v) is 7.89. The molecule has 0 radical (unpaired) electrons. The lowest BCUT2D eigenvalue weighted by Crippen LogP contribution is -2.08. The van der Waals surface area contributed by atoms with Gasteiger partial charge in [-0.05, 0) is 17.7 Å². The third kappa shape index (κ3) is 3.64.